The summed E-state index contributed by atoms with van der Waals surface area (Å²) in [4.78, 5) is 13.5. The van der Waals surface area contributed by atoms with E-state index < -0.39 is 0 Å². The van der Waals surface area contributed by atoms with E-state index in [1.807, 2.05) is 18.2 Å². The monoisotopic (exact) mass is 230 g/mol. The Hall–Kier alpha value is -1.77. The molecule has 0 aliphatic carbocycles. The third-order valence-electron chi connectivity index (χ3n) is 3.16. The molecule has 1 atom stereocenters. The number of carbonyl (C=O) groups excluding carboxylic acids is 1. The second-order valence-electron chi connectivity index (χ2n) is 4.27. The first kappa shape index (κ1) is 11.7. The van der Waals surface area contributed by atoms with Gasteiger partial charge in [0.05, 0.1) is 0 Å². The number of anilines is 1. The van der Waals surface area contributed by atoms with Crippen LogP contribution in [0.5, 0.6) is 0 Å². The van der Waals surface area contributed by atoms with Crippen LogP contribution in [0.25, 0.3) is 0 Å². The average molecular weight is 230 g/mol. The summed E-state index contributed by atoms with van der Waals surface area (Å²) in [6.07, 6.45) is 3.64. The van der Waals surface area contributed by atoms with Crippen LogP contribution in [0, 0.1) is 0 Å². The second kappa shape index (κ2) is 5.53. The minimum Gasteiger partial charge on any atom is -0.367 e. The smallest absolute Gasteiger partial charge is 0.243 e. The molecule has 0 aromatic heterocycles. The van der Waals surface area contributed by atoms with Gasteiger partial charge in [0.1, 0.15) is 0 Å². The maximum atomic E-state index is 11.2. The van der Waals surface area contributed by atoms with Crippen molar-refractivity contribution in [3.63, 3.8) is 0 Å². The molecule has 0 saturated carbocycles. The molecule has 2 rings (SSSR count). The van der Waals surface area contributed by atoms with Gasteiger partial charge in [-0.05, 0) is 31.1 Å². The summed E-state index contributed by atoms with van der Waals surface area (Å²) in [7, 11) is 0. The van der Waals surface area contributed by atoms with Crippen LogP contribution in [-0.2, 0) is 4.79 Å². The molecular formula is C14H18N2O. The van der Waals surface area contributed by atoms with E-state index >= 15 is 0 Å². The maximum absolute atomic E-state index is 11.2. The van der Waals surface area contributed by atoms with Gasteiger partial charge in [0.25, 0.3) is 0 Å². The van der Waals surface area contributed by atoms with E-state index in [2.05, 4.69) is 28.9 Å². The largest absolute Gasteiger partial charge is 0.367 e. The highest BCUT2D eigenvalue weighted by atomic mass is 16.1. The summed E-state index contributed by atoms with van der Waals surface area (Å²) < 4.78 is 0. The van der Waals surface area contributed by atoms with Crippen LogP contribution in [0.2, 0.25) is 0 Å². The molecule has 3 heteroatoms. The van der Waals surface area contributed by atoms with E-state index in [9.17, 15) is 4.79 Å². The fraction of sp³-hybridized carbons (Fsp3) is 0.357. The van der Waals surface area contributed by atoms with Crippen molar-refractivity contribution in [2.75, 3.05) is 18.0 Å². The van der Waals surface area contributed by atoms with Gasteiger partial charge >= 0.3 is 0 Å². The molecule has 1 aliphatic heterocycles. The van der Waals surface area contributed by atoms with Gasteiger partial charge in [0.15, 0.2) is 0 Å². The number of nitrogens with one attached hydrogen (secondary N) is 1. The Kier molecular flexibility index (Phi) is 3.81. The molecule has 1 saturated heterocycles. The number of amides is 1. The number of para-hydroxylation sites is 1. The first-order chi connectivity index (χ1) is 8.31. The van der Waals surface area contributed by atoms with E-state index in [4.69, 9.17) is 0 Å². The molecule has 1 heterocycles. The molecule has 17 heavy (non-hydrogen) atoms. The highest BCUT2D eigenvalue weighted by Gasteiger charge is 2.24. The molecule has 1 amide bonds. The zero-order chi connectivity index (χ0) is 12.1. The number of rotatable bonds is 4. The molecule has 3 nitrogen and oxygen atoms in total. The minimum absolute atomic E-state index is 0.0927. The van der Waals surface area contributed by atoms with E-state index in [0.29, 0.717) is 12.6 Å². The van der Waals surface area contributed by atoms with E-state index in [1.165, 1.54) is 18.2 Å². The van der Waals surface area contributed by atoms with E-state index in [0.717, 1.165) is 13.0 Å². The fourth-order valence-electron chi connectivity index (χ4n) is 2.30. The SMILES string of the molecule is C=CC(=O)NC[C@@H]1CCCN1c1ccccc1. The van der Waals surface area contributed by atoms with Gasteiger partial charge in [-0.2, -0.15) is 0 Å². The lowest BCUT2D eigenvalue weighted by atomic mass is 10.2. The highest BCUT2D eigenvalue weighted by Crippen LogP contribution is 2.24. The molecular weight excluding hydrogens is 212 g/mol. The fourth-order valence-corrected chi connectivity index (χ4v) is 2.30. The normalized spacial score (nSPS) is 19.1. The Morgan fingerprint density at radius 3 is 2.94 bits per heavy atom. The summed E-state index contributed by atoms with van der Waals surface area (Å²) in [5.41, 5.74) is 1.24. The van der Waals surface area contributed by atoms with Crippen LogP contribution in [0.15, 0.2) is 43.0 Å². The lowest BCUT2D eigenvalue weighted by molar-refractivity contribution is -0.116. The molecule has 0 bridgehead atoms. The summed E-state index contributed by atoms with van der Waals surface area (Å²) in [5.74, 6) is -0.0927. The topological polar surface area (TPSA) is 32.3 Å². The Morgan fingerprint density at radius 2 is 2.24 bits per heavy atom. The first-order valence-electron chi connectivity index (χ1n) is 6.03. The van der Waals surface area contributed by atoms with Gasteiger partial charge < -0.3 is 10.2 Å². The molecule has 0 unspecified atom stereocenters. The Balaban J connectivity index is 1.98. The first-order valence-corrected chi connectivity index (χ1v) is 6.03. The van der Waals surface area contributed by atoms with Crippen LogP contribution in [0.1, 0.15) is 12.8 Å². The molecule has 0 spiro atoms. The third kappa shape index (κ3) is 2.87. The highest BCUT2D eigenvalue weighted by molar-refractivity contribution is 5.86. The van der Waals surface area contributed by atoms with Gasteiger partial charge in [0.2, 0.25) is 5.91 Å². The summed E-state index contributed by atoms with van der Waals surface area (Å²) >= 11 is 0. The van der Waals surface area contributed by atoms with Crippen molar-refractivity contribution in [3.05, 3.63) is 43.0 Å². The molecule has 0 radical (unpaired) electrons. The number of hydrogen-bond donors (Lipinski definition) is 1. The molecule has 1 aromatic rings. The molecule has 1 aliphatic rings. The number of hydrogen-bond acceptors (Lipinski definition) is 2. The van der Waals surface area contributed by atoms with Gasteiger partial charge in [-0.15, -0.1) is 0 Å². The van der Waals surface area contributed by atoms with Gasteiger partial charge in [-0.1, -0.05) is 24.8 Å². The van der Waals surface area contributed by atoms with Crippen molar-refractivity contribution < 1.29 is 4.79 Å². The van der Waals surface area contributed by atoms with Gasteiger partial charge in [-0.3, -0.25) is 4.79 Å². The predicted molar refractivity (Wildman–Crippen MR) is 70.0 cm³/mol. The lowest BCUT2D eigenvalue weighted by Gasteiger charge is -2.26. The minimum atomic E-state index is -0.0927. The number of benzene rings is 1. The second-order valence-corrected chi connectivity index (χ2v) is 4.27. The van der Waals surface area contributed by atoms with Crippen LogP contribution in [0.4, 0.5) is 5.69 Å². The van der Waals surface area contributed by atoms with Gasteiger partial charge in [0, 0.05) is 24.8 Å². The Bertz CT molecular complexity index is 388. The van der Waals surface area contributed by atoms with E-state index in [-0.39, 0.29) is 5.91 Å². The van der Waals surface area contributed by atoms with E-state index in [1.54, 1.807) is 0 Å². The molecule has 1 N–H and O–H groups in total. The summed E-state index contributed by atoms with van der Waals surface area (Å²) in [6.45, 7) is 5.22. The third-order valence-corrected chi connectivity index (χ3v) is 3.16. The summed E-state index contributed by atoms with van der Waals surface area (Å²) in [5, 5.41) is 2.88. The van der Waals surface area contributed by atoms with Crippen molar-refractivity contribution in [2.45, 2.75) is 18.9 Å². The van der Waals surface area contributed by atoms with Crippen molar-refractivity contribution in [2.24, 2.45) is 0 Å². The maximum Gasteiger partial charge on any atom is 0.243 e. The Labute approximate surface area is 102 Å². The molecule has 90 valence electrons. The summed E-state index contributed by atoms with van der Waals surface area (Å²) in [6, 6.07) is 10.8. The predicted octanol–water partition coefficient (Wildman–Crippen LogP) is 1.96. The number of carbonyl (C=O) groups is 1. The standard InChI is InChI=1S/C14H18N2O/c1-2-14(17)15-11-13-9-6-10-16(13)12-7-4-3-5-8-12/h2-5,7-8,13H,1,6,9-11H2,(H,15,17)/t13-/m0/s1. The van der Waals surface area contributed by atoms with Crippen LogP contribution < -0.4 is 10.2 Å². The van der Waals surface area contributed by atoms with Crippen molar-refractivity contribution in [1.82, 2.24) is 5.32 Å². The zero-order valence-electron chi connectivity index (χ0n) is 9.93. The van der Waals surface area contributed by atoms with Crippen LogP contribution in [-0.4, -0.2) is 25.0 Å². The van der Waals surface area contributed by atoms with Crippen molar-refractivity contribution in [1.29, 1.82) is 0 Å². The van der Waals surface area contributed by atoms with Crippen molar-refractivity contribution >= 4 is 11.6 Å². The van der Waals surface area contributed by atoms with Crippen molar-refractivity contribution in [3.8, 4) is 0 Å². The van der Waals surface area contributed by atoms with Crippen LogP contribution >= 0.6 is 0 Å². The Morgan fingerprint density at radius 1 is 1.47 bits per heavy atom. The van der Waals surface area contributed by atoms with Crippen LogP contribution in [0.3, 0.4) is 0 Å². The molecule has 1 aromatic carbocycles. The molecule has 1 fully saturated rings. The lowest BCUT2D eigenvalue weighted by Crippen LogP contribution is -2.39. The zero-order valence-corrected chi connectivity index (χ0v) is 9.93. The quantitative estimate of drug-likeness (QED) is 0.802. The average Bonchev–Trinajstić information content (AvgIpc) is 2.85. The van der Waals surface area contributed by atoms with Gasteiger partial charge in [-0.25, -0.2) is 0 Å². The number of nitrogens with zero attached hydrogens (tertiary/aromatic N) is 1.